The van der Waals surface area contributed by atoms with Gasteiger partial charge in [-0.1, -0.05) is 36.2 Å². The summed E-state index contributed by atoms with van der Waals surface area (Å²) in [5, 5.41) is 9.11. The molecule has 3 nitrogen and oxygen atoms in total. The van der Waals surface area contributed by atoms with Crippen LogP contribution in [0.4, 0.5) is 0 Å². The number of rotatable bonds is 5. The van der Waals surface area contributed by atoms with Gasteiger partial charge in [0, 0.05) is 24.8 Å². The number of benzene rings is 1. The van der Waals surface area contributed by atoms with Crippen LogP contribution in [-0.4, -0.2) is 16.3 Å². The topological polar surface area (TPSA) is 29.9 Å². The van der Waals surface area contributed by atoms with Crippen LogP contribution in [0.25, 0.3) is 0 Å². The van der Waals surface area contributed by atoms with Crippen molar-refractivity contribution in [2.45, 2.75) is 26.3 Å². The van der Waals surface area contributed by atoms with Gasteiger partial charge < -0.3 is 5.32 Å². The summed E-state index contributed by atoms with van der Waals surface area (Å²) in [6.07, 6.45) is 2.93. The van der Waals surface area contributed by atoms with E-state index in [1.165, 1.54) is 5.56 Å². The van der Waals surface area contributed by atoms with E-state index < -0.39 is 0 Å². The molecule has 2 rings (SSSR count). The van der Waals surface area contributed by atoms with Gasteiger partial charge in [-0.05, 0) is 37.6 Å². The molecule has 1 aromatic heterocycles. The van der Waals surface area contributed by atoms with Crippen LogP contribution in [0.2, 0.25) is 10.0 Å². The molecular weight excluding hydrogens is 293 g/mol. The third-order valence-electron chi connectivity index (χ3n) is 3.30. The predicted octanol–water partition coefficient (Wildman–Crippen LogP) is 3.93. The average molecular weight is 312 g/mol. The van der Waals surface area contributed by atoms with Crippen molar-refractivity contribution in [2.24, 2.45) is 7.05 Å². The van der Waals surface area contributed by atoms with Crippen molar-refractivity contribution in [3.63, 3.8) is 0 Å². The normalized spacial score (nSPS) is 12.7. The average Bonchev–Trinajstić information content (AvgIpc) is 2.72. The van der Waals surface area contributed by atoms with Gasteiger partial charge in [-0.25, -0.2) is 0 Å². The maximum absolute atomic E-state index is 6.09. The molecule has 0 spiro atoms. The second-order valence-corrected chi connectivity index (χ2v) is 5.72. The Morgan fingerprint density at radius 2 is 2.05 bits per heavy atom. The summed E-state index contributed by atoms with van der Waals surface area (Å²) in [5.41, 5.74) is 3.44. The molecule has 5 heteroatoms. The van der Waals surface area contributed by atoms with E-state index in [0.29, 0.717) is 10.0 Å². The van der Waals surface area contributed by atoms with Crippen LogP contribution < -0.4 is 5.32 Å². The predicted molar refractivity (Wildman–Crippen MR) is 84.5 cm³/mol. The maximum atomic E-state index is 6.09. The van der Waals surface area contributed by atoms with E-state index in [2.05, 4.69) is 23.5 Å². The summed E-state index contributed by atoms with van der Waals surface area (Å²) in [5.74, 6) is 0. The van der Waals surface area contributed by atoms with Gasteiger partial charge in [0.2, 0.25) is 0 Å². The molecular formula is C15H19Cl2N3. The highest BCUT2D eigenvalue weighted by Crippen LogP contribution is 2.26. The molecule has 1 heterocycles. The SMILES string of the molecule is CCNC(Cc1ccc(Cl)c(Cl)c1)c1cn(C)nc1C. The zero-order chi connectivity index (χ0) is 14.7. The molecule has 0 aliphatic carbocycles. The van der Waals surface area contributed by atoms with Crippen molar-refractivity contribution < 1.29 is 0 Å². The number of aryl methyl sites for hydroxylation is 2. The Bertz CT molecular complexity index is 593. The molecule has 1 unspecified atom stereocenters. The molecule has 1 N–H and O–H groups in total. The first-order chi connectivity index (χ1) is 9.51. The minimum absolute atomic E-state index is 0.228. The minimum atomic E-state index is 0.228. The summed E-state index contributed by atoms with van der Waals surface area (Å²) in [6.45, 7) is 5.04. The van der Waals surface area contributed by atoms with Gasteiger partial charge in [0.1, 0.15) is 0 Å². The summed E-state index contributed by atoms with van der Waals surface area (Å²) >= 11 is 12.0. The summed E-state index contributed by atoms with van der Waals surface area (Å²) < 4.78 is 1.85. The van der Waals surface area contributed by atoms with Gasteiger partial charge in [0.05, 0.1) is 15.7 Å². The van der Waals surface area contributed by atoms with Crippen LogP contribution in [0.5, 0.6) is 0 Å². The Labute approximate surface area is 129 Å². The number of likely N-dealkylation sites (N-methyl/N-ethyl adjacent to an activating group) is 1. The molecule has 0 saturated carbocycles. The van der Waals surface area contributed by atoms with E-state index in [0.717, 1.165) is 24.2 Å². The van der Waals surface area contributed by atoms with Crippen molar-refractivity contribution in [3.8, 4) is 0 Å². The van der Waals surface area contributed by atoms with Crippen molar-refractivity contribution in [2.75, 3.05) is 6.54 Å². The minimum Gasteiger partial charge on any atom is -0.310 e. The molecule has 0 radical (unpaired) electrons. The van der Waals surface area contributed by atoms with Gasteiger partial charge in [-0.2, -0.15) is 5.10 Å². The zero-order valence-electron chi connectivity index (χ0n) is 12.0. The smallest absolute Gasteiger partial charge is 0.0641 e. The molecule has 0 saturated heterocycles. The Morgan fingerprint density at radius 1 is 1.30 bits per heavy atom. The molecule has 0 amide bonds. The van der Waals surface area contributed by atoms with E-state index in [-0.39, 0.29) is 6.04 Å². The van der Waals surface area contributed by atoms with Crippen molar-refractivity contribution in [1.29, 1.82) is 0 Å². The lowest BCUT2D eigenvalue weighted by molar-refractivity contribution is 0.547. The second kappa shape index (κ2) is 6.61. The number of hydrogen-bond acceptors (Lipinski definition) is 2. The van der Waals surface area contributed by atoms with Crippen molar-refractivity contribution >= 4 is 23.2 Å². The maximum Gasteiger partial charge on any atom is 0.0641 e. The summed E-state index contributed by atoms with van der Waals surface area (Å²) in [4.78, 5) is 0. The fraction of sp³-hybridized carbons (Fsp3) is 0.400. The molecule has 1 aromatic carbocycles. The van der Waals surface area contributed by atoms with Gasteiger partial charge in [-0.3, -0.25) is 4.68 Å². The highest BCUT2D eigenvalue weighted by molar-refractivity contribution is 6.42. The first-order valence-electron chi connectivity index (χ1n) is 6.68. The third-order valence-corrected chi connectivity index (χ3v) is 4.04. The fourth-order valence-corrected chi connectivity index (χ4v) is 2.72. The zero-order valence-corrected chi connectivity index (χ0v) is 13.5. The van der Waals surface area contributed by atoms with Crippen molar-refractivity contribution in [3.05, 3.63) is 51.3 Å². The first-order valence-corrected chi connectivity index (χ1v) is 7.44. The van der Waals surface area contributed by atoms with E-state index in [4.69, 9.17) is 23.2 Å². The highest BCUT2D eigenvalue weighted by Gasteiger charge is 2.16. The van der Waals surface area contributed by atoms with Crippen LogP contribution in [0.1, 0.15) is 29.8 Å². The molecule has 20 heavy (non-hydrogen) atoms. The van der Waals surface area contributed by atoms with Gasteiger partial charge in [0.25, 0.3) is 0 Å². The quantitative estimate of drug-likeness (QED) is 0.906. The van der Waals surface area contributed by atoms with Crippen LogP contribution >= 0.6 is 23.2 Å². The van der Waals surface area contributed by atoms with Crippen LogP contribution in [0.3, 0.4) is 0 Å². The fourth-order valence-electron chi connectivity index (χ4n) is 2.40. The van der Waals surface area contributed by atoms with Gasteiger partial charge >= 0.3 is 0 Å². The lowest BCUT2D eigenvalue weighted by Gasteiger charge is -2.18. The van der Waals surface area contributed by atoms with Crippen LogP contribution in [-0.2, 0) is 13.5 Å². The highest BCUT2D eigenvalue weighted by atomic mass is 35.5. The first kappa shape index (κ1) is 15.4. The Hall–Kier alpha value is -1.03. The second-order valence-electron chi connectivity index (χ2n) is 4.91. The lowest BCUT2D eigenvalue weighted by atomic mass is 9.99. The molecule has 1 atom stereocenters. The Morgan fingerprint density at radius 3 is 2.60 bits per heavy atom. The third kappa shape index (κ3) is 3.54. The lowest BCUT2D eigenvalue weighted by Crippen LogP contribution is -2.23. The van der Waals surface area contributed by atoms with E-state index in [1.54, 1.807) is 0 Å². The molecule has 0 aliphatic heterocycles. The van der Waals surface area contributed by atoms with E-state index in [1.807, 2.05) is 36.9 Å². The number of nitrogens with zero attached hydrogens (tertiary/aromatic N) is 2. The molecule has 0 aliphatic rings. The standard InChI is InChI=1S/C15H19Cl2N3/c1-4-18-15(12-9-20(3)19-10(12)2)8-11-5-6-13(16)14(17)7-11/h5-7,9,15,18H,4,8H2,1-3H3. The summed E-state index contributed by atoms with van der Waals surface area (Å²) in [6, 6.07) is 6.02. The number of aromatic nitrogens is 2. The monoisotopic (exact) mass is 311 g/mol. The van der Waals surface area contributed by atoms with Crippen LogP contribution in [0.15, 0.2) is 24.4 Å². The molecule has 108 valence electrons. The Kier molecular flexibility index (Phi) is 5.08. The number of hydrogen-bond donors (Lipinski definition) is 1. The Balaban J connectivity index is 2.25. The van der Waals surface area contributed by atoms with E-state index >= 15 is 0 Å². The molecule has 2 aromatic rings. The van der Waals surface area contributed by atoms with Gasteiger partial charge in [-0.15, -0.1) is 0 Å². The van der Waals surface area contributed by atoms with E-state index in [9.17, 15) is 0 Å². The van der Waals surface area contributed by atoms with Crippen LogP contribution in [0, 0.1) is 6.92 Å². The van der Waals surface area contributed by atoms with Gasteiger partial charge in [0.15, 0.2) is 0 Å². The molecule has 0 fully saturated rings. The molecule has 0 bridgehead atoms. The number of halogens is 2. The van der Waals surface area contributed by atoms with Crippen molar-refractivity contribution in [1.82, 2.24) is 15.1 Å². The largest absolute Gasteiger partial charge is 0.310 e. The summed E-state index contributed by atoms with van der Waals surface area (Å²) in [7, 11) is 1.94. The number of nitrogens with one attached hydrogen (secondary N) is 1.